The molecule has 0 fully saturated rings. The molecule has 7 heteroatoms. The average Bonchev–Trinajstić information content (AvgIpc) is 2.50. The molecule has 1 N–H and O–H groups in total. The number of ketones is 1. The van der Waals surface area contributed by atoms with Gasteiger partial charge in [-0.2, -0.15) is 0 Å². The molecule has 0 aromatic heterocycles. The second kappa shape index (κ2) is 7.68. The van der Waals surface area contributed by atoms with Crippen molar-refractivity contribution < 1.29 is 14.3 Å². The number of ether oxygens (including phenoxy) is 1. The Kier molecular flexibility index (Phi) is 5.88. The van der Waals surface area contributed by atoms with Crippen LogP contribution in [0.4, 0.5) is 5.69 Å². The zero-order valence-corrected chi connectivity index (χ0v) is 14.3. The van der Waals surface area contributed by atoms with Crippen molar-refractivity contribution in [1.82, 2.24) is 0 Å². The van der Waals surface area contributed by atoms with Gasteiger partial charge < -0.3 is 10.1 Å². The van der Waals surface area contributed by atoms with Crippen LogP contribution in [0.1, 0.15) is 17.3 Å². The number of halogens is 3. The number of hydrogen-bond donors (Lipinski definition) is 1. The molecule has 2 aromatic rings. The summed E-state index contributed by atoms with van der Waals surface area (Å²) in [5.41, 5.74) is 0.696. The molecule has 0 radical (unpaired) electrons. The van der Waals surface area contributed by atoms with E-state index in [-0.39, 0.29) is 23.2 Å². The molecule has 1 amide bonds. The van der Waals surface area contributed by atoms with E-state index in [0.29, 0.717) is 21.3 Å². The summed E-state index contributed by atoms with van der Waals surface area (Å²) >= 11 is 17.7. The maximum absolute atomic E-state index is 11.9. The first kappa shape index (κ1) is 17.6. The second-order valence-corrected chi connectivity index (χ2v) is 5.86. The van der Waals surface area contributed by atoms with Crippen LogP contribution in [-0.2, 0) is 4.79 Å². The summed E-state index contributed by atoms with van der Waals surface area (Å²) in [5, 5.41) is 3.59. The highest BCUT2D eigenvalue weighted by atomic mass is 35.5. The Balaban J connectivity index is 2.05. The Labute approximate surface area is 148 Å². The molecular formula is C16H12Cl3NO3. The van der Waals surface area contributed by atoms with Crippen molar-refractivity contribution in [3.05, 3.63) is 57.0 Å². The normalized spacial score (nSPS) is 10.3. The van der Waals surface area contributed by atoms with Gasteiger partial charge in [0.05, 0.1) is 21.3 Å². The van der Waals surface area contributed by atoms with Gasteiger partial charge in [0.15, 0.2) is 12.4 Å². The van der Waals surface area contributed by atoms with Crippen molar-refractivity contribution in [2.75, 3.05) is 11.9 Å². The number of carbonyl (C=O) groups excluding carboxylic acids is 2. The van der Waals surface area contributed by atoms with Gasteiger partial charge in [0, 0.05) is 5.02 Å². The van der Waals surface area contributed by atoms with Crippen LogP contribution in [0.25, 0.3) is 0 Å². The van der Waals surface area contributed by atoms with E-state index in [1.165, 1.54) is 13.0 Å². The van der Waals surface area contributed by atoms with Gasteiger partial charge in [-0.1, -0.05) is 40.9 Å². The summed E-state index contributed by atoms with van der Waals surface area (Å²) in [4.78, 5) is 23.5. The zero-order chi connectivity index (χ0) is 17.0. The third kappa shape index (κ3) is 4.61. The van der Waals surface area contributed by atoms with Crippen LogP contribution in [0.3, 0.4) is 0 Å². The van der Waals surface area contributed by atoms with E-state index >= 15 is 0 Å². The van der Waals surface area contributed by atoms with Crippen molar-refractivity contribution >= 4 is 52.2 Å². The Bertz CT molecular complexity index is 762. The summed E-state index contributed by atoms with van der Waals surface area (Å²) in [7, 11) is 0. The van der Waals surface area contributed by atoms with Gasteiger partial charge in [0.2, 0.25) is 0 Å². The van der Waals surface area contributed by atoms with Crippen LogP contribution in [0.5, 0.6) is 5.75 Å². The highest BCUT2D eigenvalue weighted by molar-refractivity contribution is 6.44. The van der Waals surface area contributed by atoms with E-state index in [1.807, 2.05) is 0 Å². The number of benzene rings is 2. The largest absolute Gasteiger partial charge is 0.483 e. The quantitative estimate of drug-likeness (QED) is 0.762. The molecule has 0 saturated heterocycles. The summed E-state index contributed by atoms with van der Waals surface area (Å²) in [6.45, 7) is 1.11. The number of nitrogens with one attached hydrogen (secondary N) is 1. The lowest BCUT2D eigenvalue weighted by Gasteiger charge is -2.11. The number of rotatable bonds is 5. The molecule has 2 aromatic carbocycles. The van der Waals surface area contributed by atoms with E-state index in [9.17, 15) is 9.59 Å². The van der Waals surface area contributed by atoms with Crippen LogP contribution < -0.4 is 10.1 Å². The van der Waals surface area contributed by atoms with Gasteiger partial charge >= 0.3 is 0 Å². The summed E-state index contributed by atoms with van der Waals surface area (Å²) in [6, 6.07) is 9.51. The van der Waals surface area contributed by atoms with Gasteiger partial charge in [-0.25, -0.2) is 0 Å². The molecule has 0 saturated carbocycles. The predicted molar refractivity (Wildman–Crippen MR) is 92.0 cm³/mol. The van der Waals surface area contributed by atoms with Gasteiger partial charge in [0.25, 0.3) is 5.91 Å². The predicted octanol–water partition coefficient (Wildman–Crippen LogP) is 4.87. The zero-order valence-electron chi connectivity index (χ0n) is 12.0. The maximum Gasteiger partial charge on any atom is 0.262 e. The topological polar surface area (TPSA) is 55.4 Å². The third-order valence-corrected chi connectivity index (χ3v) is 3.96. The van der Waals surface area contributed by atoms with E-state index in [1.54, 1.807) is 30.3 Å². The van der Waals surface area contributed by atoms with E-state index in [4.69, 9.17) is 39.5 Å². The molecule has 0 aliphatic rings. The number of anilines is 1. The molecule has 0 heterocycles. The first-order valence-electron chi connectivity index (χ1n) is 6.55. The summed E-state index contributed by atoms with van der Waals surface area (Å²) < 4.78 is 5.39. The Morgan fingerprint density at radius 1 is 1.13 bits per heavy atom. The van der Waals surface area contributed by atoms with Gasteiger partial charge in [0.1, 0.15) is 5.75 Å². The summed E-state index contributed by atoms with van der Waals surface area (Å²) in [5.74, 6) is -0.353. The highest BCUT2D eigenvalue weighted by Crippen LogP contribution is 2.29. The van der Waals surface area contributed by atoms with Crippen LogP contribution >= 0.6 is 34.8 Å². The average molecular weight is 373 g/mol. The van der Waals surface area contributed by atoms with Crippen LogP contribution in [0.15, 0.2) is 36.4 Å². The monoisotopic (exact) mass is 371 g/mol. The molecule has 4 nitrogen and oxygen atoms in total. The molecule has 0 aliphatic heterocycles. The third-order valence-electron chi connectivity index (χ3n) is 2.91. The fourth-order valence-corrected chi connectivity index (χ4v) is 2.35. The second-order valence-electron chi connectivity index (χ2n) is 4.63. The molecule has 0 bridgehead atoms. The lowest BCUT2D eigenvalue weighted by molar-refractivity contribution is -0.118. The molecule has 0 aliphatic carbocycles. The smallest absolute Gasteiger partial charge is 0.262 e. The van der Waals surface area contributed by atoms with Gasteiger partial charge in [-0.15, -0.1) is 0 Å². The first-order valence-corrected chi connectivity index (χ1v) is 7.69. The van der Waals surface area contributed by atoms with Crippen molar-refractivity contribution in [3.63, 3.8) is 0 Å². The van der Waals surface area contributed by atoms with Crippen LogP contribution in [-0.4, -0.2) is 18.3 Å². The minimum absolute atomic E-state index is 0.208. The number of amides is 1. The molecule has 120 valence electrons. The maximum atomic E-state index is 11.9. The van der Waals surface area contributed by atoms with E-state index < -0.39 is 5.91 Å². The van der Waals surface area contributed by atoms with Crippen LogP contribution in [0, 0.1) is 0 Å². The Morgan fingerprint density at radius 3 is 2.57 bits per heavy atom. The number of carbonyl (C=O) groups is 2. The first-order chi connectivity index (χ1) is 10.9. The van der Waals surface area contributed by atoms with E-state index in [0.717, 1.165) is 0 Å². The van der Waals surface area contributed by atoms with Crippen molar-refractivity contribution in [3.8, 4) is 5.75 Å². The molecule has 2 rings (SSSR count). The van der Waals surface area contributed by atoms with E-state index in [2.05, 4.69) is 5.32 Å². The number of Topliss-reactive ketones (excluding diaryl/α,β-unsaturated/α-hetero) is 1. The summed E-state index contributed by atoms with van der Waals surface area (Å²) in [6.07, 6.45) is 0. The fourth-order valence-electron chi connectivity index (χ4n) is 1.83. The van der Waals surface area contributed by atoms with Crippen molar-refractivity contribution in [2.24, 2.45) is 0 Å². The lowest BCUT2D eigenvalue weighted by Crippen LogP contribution is -2.21. The SMILES string of the molecule is CC(=O)c1cc(Cl)ccc1OCC(=O)Nc1cccc(Cl)c1Cl. The Morgan fingerprint density at radius 2 is 1.87 bits per heavy atom. The van der Waals surface area contributed by atoms with Gasteiger partial charge in [-0.3, -0.25) is 9.59 Å². The molecule has 0 unspecified atom stereocenters. The minimum atomic E-state index is -0.432. The molecular weight excluding hydrogens is 361 g/mol. The lowest BCUT2D eigenvalue weighted by atomic mass is 10.1. The molecule has 0 atom stereocenters. The van der Waals surface area contributed by atoms with Crippen molar-refractivity contribution in [1.29, 1.82) is 0 Å². The standard InChI is InChI=1S/C16H12Cl3NO3/c1-9(21)11-7-10(17)5-6-14(11)23-8-15(22)20-13-4-2-3-12(18)16(13)19/h2-7H,8H2,1H3,(H,20,22). The minimum Gasteiger partial charge on any atom is -0.483 e. The molecule has 0 spiro atoms. The van der Waals surface area contributed by atoms with Crippen LogP contribution in [0.2, 0.25) is 15.1 Å². The Hall–Kier alpha value is -1.75. The highest BCUT2D eigenvalue weighted by Gasteiger charge is 2.12. The van der Waals surface area contributed by atoms with Crippen molar-refractivity contribution in [2.45, 2.75) is 6.92 Å². The van der Waals surface area contributed by atoms with Gasteiger partial charge in [-0.05, 0) is 37.3 Å². The fraction of sp³-hybridized carbons (Fsp3) is 0.125. The number of hydrogen-bond acceptors (Lipinski definition) is 3. The molecule has 23 heavy (non-hydrogen) atoms.